The fourth-order valence-electron chi connectivity index (χ4n) is 1.86. The number of nitro benzene ring substituents is 2. The zero-order valence-electron chi connectivity index (χ0n) is 12.2. The Morgan fingerprint density at radius 3 is 2.48 bits per heavy atom. The van der Waals surface area contributed by atoms with E-state index in [2.05, 4.69) is 17.5 Å². The number of rotatable bonds is 7. The van der Waals surface area contributed by atoms with Crippen LogP contribution in [0.25, 0.3) is 0 Å². The second-order valence-corrected chi connectivity index (χ2v) is 5.32. The van der Waals surface area contributed by atoms with Crippen molar-refractivity contribution >= 4 is 23.3 Å². The van der Waals surface area contributed by atoms with Crippen molar-refractivity contribution in [3.05, 3.63) is 38.4 Å². The molecule has 1 aromatic rings. The monoisotopic (exact) mass is 294 g/mol. The Morgan fingerprint density at radius 1 is 1.29 bits per heavy atom. The molecule has 0 aliphatic heterocycles. The summed E-state index contributed by atoms with van der Waals surface area (Å²) in [5.74, 6) is 0. The number of non-ortho nitro benzene ring substituents is 1. The molecule has 1 aromatic carbocycles. The van der Waals surface area contributed by atoms with Gasteiger partial charge in [0.25, 0.3) is 5.69 Å². The molecule has 21 heavy (non-hydrogen) atoms. The van der Waals surface area contributed by atoms with E-state index in [1.165, 1.54) is 12.1 Å². The molecule has 1 N–H and O–H groups in total. The van der Waals surface area contributed by atoms with Crippen molar-refractivity contribution in [2.24, 2.45) is 10.5 Å². The van der Waals surface area contributed by atoms with E-state index in [9.17, 15) is 20.2 Å². The van der Waals surface area contributed by atoms with Gasteiger partial charge in [0.2, 0.25) is 0 Å². The number of hydrogen-bond acceptors (Lipinski definition) is 6. The molecule has 1 rings (SSSR count). The largest absolute Gasteiger partial charge is 0.301 e. The van der Waals surface area contributed by atoms with E-state index in [1.807, 2.05) is 13.8 Å². The summed E-state index contributed by atoms with van der Waals surface area (Å²) in [4.78, 5) is 20.2. The van der Waals surface area contributed by atoms with Crippen LogP contribution in [-0.4, -0.2) is 16.1 Å². The van der Waals surface area contributed by atoms with Crippen molar-refractivity contribution in [1.82, 2.24) is 0 Å². The molecule has 8 heteroatoms. The van der Waals surface area contributed by atoms with Crippen LogP contribution in [-0.2, 0) is 0 Å². The van der Waals surface area contributed by atoms with Crippen molar-refractivity contribution < 1.29 is 9.85 Å². The highest BCUT2D eigenvalue weighted by molar-refractivity contribution is 5.69. The van der Waals surface area contributed by atoms with Crippen molar-refractivity contribution in [3.8, 4) is 0 Å². The predicted octanol–water partition coefficient (Wildman–Crippen LogP) is 3.73. The smallest absolute Gasteiger partial charge is 0.272 e. The first kappa shape index (κ1) is 16.5. The molecule has 0 unspecified atom stereocenters. The van der Waals surface area contributed by atoms with Gasteiger partial charge in [-0.3, -0.25) is 25.7 Å². The van der Waals surface area contributed by atoms with E-state index in [-0.39, 0.29) is 22.5 Å². The summed E-state index contributed by atoms with van der Waals surface area (Å²) < 4.78 is 0. The van der Waals surface area contributed by atoms with Crippen LogP contribution in [0.2, 0.25) is 0 Å². The maximum atomic E-state index is 11.0. The molecule has 0 aliphatic rings. The lowest BCUT2D eigenvalue weighted by Crippen LogP contribution is -2.13. The van der Waals surface area contributed by atoms with Crippen molar-refractivity contribution in [1.29, 1.82) is 0 Å². The molecular formula is C13H18N4O4. The zero-order chi connectivity index (χ0) is 16.0. The molecule has 0 spiro atoms. The van der Waals surface area contributed by atoms with Gasteiger partial charge in [0.15, 0.2) is 0 Å². The Bertz CT molecular complexity index is 569. The second-order valence-electron chi connectivity index (χ2n) is 5.32. The summed E-state index contributed by atoms with van der Waals surface area (Å²) in [7, 11) is 0. The summed E-state index contributed by atoms with van der Waals surface area (Å²) in [5.41, 5.74) is 1.86. The second kappa shape index (κ2) is 6.78. The Labute approximate surface area is 122 Å². The molecule has 114 valence electrons. The average Bonchev–Trinajstić information content (AvgIpc) is 2.38. The fourth-order valence-corrected chi connectivity index (χ4v) is 1.86. The third kappa shape index (κ3) is 4.83. The van der Waals surface area contributed by atoms with Gasteiger partial charge in [0.05, 0.1) is 15.9 Å². The average molecular weight is 294 g/mol. The lowest BCUT2D eigenvalue weighted by atomic mass is 9.90. The summed E-state index contributed by atoms with van der Waals surface area (Å²) in [6, 6.07) is 3.39. The summed E-state index contributed by atoms with van der Waals surface area (Å²) in [6.07, 6.45) is 3.61. The van der Waals surface area contributed by atoms with Gasteiger partial charge in [-0.1, -0.05) is 27.2 Å². The first-order chi connectivity index (χ1) is 9.76. The van der Waals surface area contributed by atoms with Crippen LogP contribution >= 0.6 is 0 Å². The van der Waals surface area contributed by atoms with E-state index < -0.39 is 9.85 Å². The van der Waals surface area contributed by atoms with Gasteiger partial charge in [0.1, 0.15) is 5.69 Å². The third-order valence-electron chi connectivity index (χ3n) is 2.88. The van der Waals surface area contributed by atoms with Crippen LogP contribution in [0.1, 0.15) is 33.6 Å². The number of nitrogens with one attached hydrogen (secondary N) is 1. The molecule has 0 saturated carbocycles. The number of nitro groups is 2. The van der Waals surface area contributed by atoms with Crippen LogP contribution in [0.4, 0.5) is 17.1 Å². The number of anilines is 1. The first-order valence-corrected chi connectivity index (χ1v) is 6.50. The third-order valence-corrected chi connectivity index (χ3v) is 2.88. The molecule has 0 saturated heterocycles. The van der Waals surface area contributed by atoms with Gasteiger partial charge in [-0.15, -0.1) is 0 Å². The van der Waals surface area contributed by atoms with Crippen LogP contribution in [0.3, 0.4) is 0 Å². The molecule has 0 atom stereocenters. The lowest BCUT2D eigenvalue weighted by Gasteiger charge is -2.17. The minimum Gasteiger partial charge on any atom is -0.272 e. The highest BCUT2D eigenvalue weighted by atomic mass is 16.6. The van der Waals surface area contributed by atoms with Crippen molar-refractivity contribution in [3.63, 3.8) is 0 Å². The fraction of sp³-hybridized carbons (Fsp3) is 0.462. The van der Waals surface area contributed by atoms with Gasteiger partial charge in [0, 0.05) is 17.7 Å². The standard InChI is InChI=1S/C13H18N4O4/c1-4-7-13(2,3)9-14-15-11-6-5-10(16(18)19)8-12(11)17(20)21/h5-6,8-9,15H,4,7H2,1-3H3. The summed E-state index contributed by atoms with van der Waals surface area (Å²) >= 11 is 0. The highest BCUT2D eigenvalue weighted by Gasteiger charge is 2.19. The van der Waals surface area contributed by atoms with Crippen LogP contribution in [0.5, 0.6) is 0 Å². The van der Waals surface area contributed by atoms with Gasteiger partial charge >= 0.3 is 5.69 Å². The summed E-state index contributed by atoms with van der Waals surface area (Å²) in [5, 5.41) is 25.6. The molecule has 8 nitrogen and oxygen atoms in total. The molecule has 0 radical (unpaired) electrons. The Balaban J connectivity index is 2.96. The van der Waals surface area contributed by atoms with Gasteiger partial charge in [-0.2, -0.15) is 5.10 Å². The van der Waals surface area contributed by atoms with E-state index in [0.717, 1.165) is 18.9 Å². The first-order valence-electron chi connectivity index (χ1n) is 6.50. The topological polar surface area (TPSA) is 111 Å². The number of benzene rings is 1. The molecule has 0 fully saturated rings. The maximum Gasteiger partial charge on any atom is 0.301 e. The summed E-state index contributed by atoms with van der Waals surface area (Å²) in [6.45, 7) is 6.07. The van der Waals surface area contributed by atoms with E-state index in [4.69, 9.17) is 0 Å². The molecule has 0 amide bonds. The van der Waals surface area contributed by atoms with E-state index >= 15 is 0 Å². The highest BCUT2D eigenvalue weighted by Crippen LogP contribution is 2.29. The van der Waals surface area contributed by atoms with Gasteiger partial charge in [-0.25, -0.2) is 0 Å². The van der Waals surface area contributed by atoms with E-state index in [1.54, 1.807) is 6.21 Å². The van der Waals surface area contributed by atoms with Gasteiger partial charge < -0.3 is 0 Å². The number of nitrogens with zero attached hydrogens (tertiary/aromatic N) is 3. The lowest BCUT2D eigenvalue weighted by molar-refractivity contribution is -0.393. The minimum atomic E-state index is -0.679. The zero-order valence-corrected chi connectivity index (χ0v) is 12.2. The molecule has 0 aromatic heterocycles. The van der Waals surface area contributed by atoms with Crippen molar-refractivity contribution in [2.45, 2.75) is 33.6 Å². The van der Waals surface area contributed by atoms with E-state index in [0.29, 0.717) is 0 Å². The SMILES string of the molecule is CCCC(C)(C)C=NNc1ccc([N+](=O)[O-])cc1[N+](=O)[O-]. The molecular weight excluding hydrogens is 276 g/mol. The molecule has 0 heterocycles. The van der Waals surface area contributed by atoms with Crippen molar-refractivity contribution in [2.75, 3.05) is 5.43 Å². The van der Waals surface area contributed by atoms with Crippen LogP contribution in [0, 0.1) is 25.6 Å². The number of hydrogen-bond donors (Lipinski definition) is 1. The Kier molecular flexibility index (Phi) is 5.34. The predicted molar refractivity (Wildman–Crippen MR) is 80.6 cm³/mol. The van der Waals surface area contributed by atoms with Crippen LogP contribution < -0.4 is 5.43 Å². The molecule has 0 bridgehead atoms. The minimum absolute atomic E-state index is 0.120. The normalized spacial score (nSPS) is 11.6. The Morgan fingerprint density at radius 2 is 1.95 bits per heavy atom. The number of hydrazone groups is 1. The Hall–Kier alpha value is -2.51. The maximum absolute atomic E-state index is 11.0. The quantitative estimate of drug-likeness (QED) is 0.468. The van der Waals surface area contributed by atoms with Gasteiger partial charge in [-0.05, 0) is 12.5 Å². The molecule has 0 aliphatic carbocycles. The van der Waals surface area contributed by atoms with Crippen LogP contribution in [0.15, 0.2) is 23.3 Å².